The Labute approximate surface area is 336 Å². The van der Waals surface area contributed by atoms with Gasteiger partial charge in [-0.3, -0.25) is 14.4 Å². The summed E-state index contributed by atoms with van der Waals surface area (Å²) in [5, 5.41) is 57.5. The molecule has 3 heterocycles. The number of hydrogen-bond donors (Lipinski definition) is 6. The Morgan fingerprint density at radius 2 is 1.74 bits per heavy atom. The summed E-state index contributed by atoms with van der Waals surface area (Å²) < 4.78 is 19.1. The number of rotatable bonds is 17. The first-order chi connectivity index (χ1) is 26.9. The molecule has 2 aliphatic heterocycles. The van der Waals surface area contributed by atoms with E-state index in [0.29, 0.717) is 11.1 Å². The fourth-order valence-electron chi connectivity index (χ4n) is 7.19. The number of ether oxygens (including phenoxy) is 3. The minimum Gasteiger partial charge on any atom is -0.390 e. The molecular weight excluding hydrogens is 732 g/mol. The van der Waals surface area contributed by atoms with Crippen molar-refractivity contribution in [2.24, 2.45) is 18.9 Å². The van der Waals surface area contributed by atoms with Gasteiger partial charge in [-0.05, 0) is 63.8 Å². The molecule has 11 unspecified atom stereocenters. The number of carbonyl (C=O) groups is 2. The molecule has 11 atom stereocenters. The van der Waals surface area contributed by atoms with E-state index in [0.717, 1.165) is 5.57 Å². The third kappa shape index (κ3) is 11.5. The first-order valence-electron chi connectivity index (χ1n) is 19.3. The Morgan fingerprint density at radius 3 is 2.39 bits per heavy atom. The SMILES string of the molecule is CC=CC=CC1OC(O)(C(CC)C(=O)NCC=CC=C(C)C(OC)C(C)C2OC(C=CC=CC=C(C)C(=O)c3c(C)ccn(C)c3=O)C(O)C2O)CC(O)C1(C)O. The molecular formula is C44H62N2O11. The predicted octanol–water partition coefficient (Wildman–Crippen LogP) is 3.44. The molecule has 3 rings (SSSR count). The third-order valence-electron chi connectivity index (χ3n) is 10.8. The van der Waals surface area contributed by atoms with Crippen molar-refractivity contribution in [1.82, 2.24) is 9.88 Å². The maximum atomic E-state index is 13.2. The minimum atomic E-state index is -2.01. The van der Waals surface area contributed by atoms with Crippen LogP contribution in [0.3, 0.4) is 0 Å². The molecule has 2 fully saturated rings. The lowest BCUT2D eigenvalue weighted by molar-refractivity contribution is -0.329. The number of methoxy groups -OCH3 is 1. The second-order valence-corrected chi connectivity index (χ2v) is 15.1. The monoisotopic (exact) mass is 794 g/mol. The van der Waals surface area contributed by atoms with Crippen LogP contribution < -0.4 is 10.9 Å². The number of hydrogen-bond acceptors (Lipinski definition) is 11. The van der Waals surface area contributed by atoms with Crippen LogP contribution in [-0.2, 0) is 26.1 Å². The van der Waals surface area contributed by atoms with Gasteiger partial charge in [0.2, 0.25) is 5.91 Å². The van der Waals surface area contributed by atoms with Crippen molar-refractivity contribution in [3.63, 3.8) is 0 Å². The molecule has 0 aromatic carbocycles. The van der Waals surface area contributed by atoms with Crippen molar-refractivity contribution >= 4 is 11.7 Å². The van der Waals surface area contributed by atoms with Gasteiger partial charge in [0.25, 0.3) is 5.56 Å². The Balaban J connectivity index is 1.59. The summed E-state index contributed by atoms with van der Waals surface area (Å²) in [6.45, 7) is 12.2. The van der Waals surface area contributed by atoms with Gasteiger partial charge in [-0.1, -0.05) is 86.8 Å². The van der Waals surface area contributed by atoms with E-state index < -0.39 is 65.9 Å². The number of allylic oxidation sites excluding steroid dienone is 10. The van der Waals surface area contributed by atoms with Crippen LogP contribution in [0.4, 0.5) is 0 Å². The van der Waals surface area contributed by atoms with Crippen LogP contribution in [0.5, 0.6) is 0 Å². The van der Waals surface area contributed by atoms with Crippen LogP contribution in [0.2, 0.25) is 0 Å². The molecule has 314 valence electrons. The predicted molar refractivity (Wildman–Crippen MR) is 218 cm³/mol. The van der Waals surface area contributed by atoms with E-state index >= 15 is 0 Å². The number of aryl methyl sites for hydroxylation is 2. The lowest BCUT2D eigenvalue weighted by atomic mass is 9.79. The van der Waals surface area contributed by atoms with Gasteiger partial charge in [0.1, 0.15) is 30.0 Å². The zero-order valence-electron chi connectivity index (χ0n) is 34.5. The second-order valence-electron chi connectivity index (χ2n) is 15.1. The van der Waals surface area contributed by atoms with Crippen LogP contribution >= 0.6 is 0 Å². The van der Waals surface area contributed by atoms with Gasteiger partial charge < -0.3 is 49.6 Å². The van der Waals surface area contributed by atoms with E-state index in [4.69, 9.17) is 14.2 Å². The number of ketones is 1. The number of Topliss-reactive ketones (excluding diaryl/α,β-unsaturated/α-hetero) is 1. The van der Waals surface area contributed by atoms with E-state index in [2.05, 4.69) is 5.32 Å². The Bertz CT molecular complexity index is 1820. The lowest BCUT2D eigenvalue weighted by Gasteiger charge is -2.49. The van der Waals surface area contributed by atoms with Crippen molar-refractivity contribution in [3.8, 4) is 0 Å². The normalized spacial score (nSPS) is 30.6. The molecule has 1 aromatic rings. The number of nitrogens with one attached hydrogen (secondary N) is 1. The lowest BCUT2D eigenvalue weighted by Crippen LogP contribution is -2.64. The fraction of sp³-hybridized carbons (Fsp3) is 0.523. The fourth-order valence-corrected chi connectivity index (χ4v) is 7.19. The summed E-state index contributed by atoms with van der Waals surface area (Å²) in [6, 6.07) is 1.72. The van der Waals surface area contributed by atoms with Gasteiger partial charge in [-0.25, -0.2) is 0 Å². The van der Waals surface area contributed by atoms with Gasteiger partial charge in [0.05, 0.1) is 29.8 Å². The summed E-state index contributed by atoms with van der Waals surface area (Å²) >= 11 is 0. The van der Waals surface area contributed by atoms with Crippen LogP contribution in [0, 0.1) is 18.8 Å². The average Bonchev–Trinajstić information content (AvgIpc) is 3.44. The van der Waals surface area contributed by atoms with Crippen LogP contribution in [-0.4, -0.2) is 110 Å². The second kappa shape index (κ2) is 21.1. The van der Waals surface area contributed by atoms with E-state index in [9.17, 15) is 39.9 Å². The van der Waals surface area contributed by atoms with Gasteiger partial charge in [-0.15, -0.1) is 0 Å². The molecule has 2 aliphatic rings. The average molecular weight is 795 g/mol. The highest BCUT2D eigenvalue weighted by Crippen LogP contribution is 2.40. The first kappa shape index (κ1) is 47.3. The summed E-state index contributed by atoms with van der Waals surface area (Å²) in [6.07, 6.45) is 14.8. The summed E-state index contributed by atoms with van der Waals surface area (Å²) in [5.41, 5.74) is -0.110. The van der Waals surface area contributed by atoms with E-state index in [1.54, 1.807) is 108 Å². The summed E-state index contributed by atoms with van der Waals surface area (Å²) in [4.78, 5) is 38.6. The summed E-state index contributed by atoms with van der Waals surface area (Å²) in [7, 11) is 3.13. The van der Waals surface area contributed by atoms with E-state index in [1.165, 1.54) is 17.6 Å². The molecule has 13 nitrogen and oxygen atoms in total. The highest BCUT2D eigenvalue weighted by molar-refractivity contribution is 6.09. The molecule has 0 aliphatic carbocycles. The molecule has 2 saturated heterocycles. The molecule has 6 N–H and O–H groups in total. The number of carbonyl (C=O) groups excluding carboxylic acids is 2. The highest BCUT2D eigenvalue weighted by atomic mass is 16.6. The van der Waals surface area contributed by atoms with Crippen molar-refractivity contribution in [2.45, 2.75) is 115 Å². The molecule has 1 aromatic heterocycles. The number of pyridine rings is 1. The standard InChI is InChI=1S/C44H62N2O11/c1-10-12-14-22-34-43(7,53)33(47)26-44(54,57-34)31(11-2)41(51)45-24-18-17-20-29(5)39(55-9)30(6)40-38(50)37(49)32(56-40)21-16-13-15-19-28(4)36(48)35-27(3)23-25-46(8)42(35)52/h10,12-23,25,30-34,37-40,47,49-50,53-54H,11,24,26H2,1-9H3,(H,45,51). The number of nitrogens with zero attached hydrogens (tertiary/aromatic N) is 1. The number of amides is 1. The largest absolute Gasteiger partial charge is 0.390 e. The zero-order valence-corrected chi connectivity index (χ0v) is 34.5. The van der Waals surface area contributed by atoms with E-state index in [1.807, 2.05) is 26.8 Å². The Kier molecular flexibility index (Phi) is 17.5. The van der Waals surface area contributed by atoms with Crippen molar-refractivity contribution in [1.29, 1.82) is 0 Å². The molecule has 0 spiro atoms. The molecule has 1 amide bonds. The van der Waals surface area contributed by atoms with Gasteiger partial charge >= 0.3 is 0 Å². The highest BCUT2D eigenvalue weighted by Gasteiger charge is 2.55. The van der Waals surface area contributed by atoms with Crippen LogP contribution in [0.25, 0.3) is 0 Å². The van der Waals surface area contributed by atoms with Gasteiger partial charge in [-0.2, -0.15) is 0 Å². The molecule has 57 heavy (non-hydrogen) atoms. The van der Waals surface area contributed by atoms with E-state index in [-0.39, 0.29) is 42.2 Å². The minimum absolute atomic E-state index is 0.129. The van der Waals surface area contributed by atoms with Crippen LogP contribution in [0.15, 0.2) is 101 Å². The van der Waals surface area contributed by atoms with Gasteiger partial charge in [0, 0.05) is 39.2 Å². The Hall–Kier alpha value is -4.05. The molecule has 0 radical (unpaired) electrons. The van der Waals surface area contributed by atoms with Crippen molar-refractivity contribution in [2.75, 3.05) is 13.7 Å². The molecule has 0 saturated carbocycles. The third-order valence-corrected chi connectivity index (χ3v) is 10.8. The van der Waals surface area contributed by atoms with Crippen molar-refractivity contribution in [3.05, 3.63) is 118 Å². The van der Waals surface area contributed by atoms with Gasteiger partial charge in [0.15, 0.2) is 11.6 Å². The maximum Gasteiger partial charge on any atom is 0.261 e. The van der Waals surface area contributed by atoms with Crippen LogP contribution in [0.1, 0.15) is 70.3 Å². The Morgan fingerprint density at radius 1 is 1.05 bits per heavy atom. The van der Waals surface area contributed by atoms with Crippen molar-refractivity contribution < 1.29 is 49.3 Å². The topological polar surface area (TPSA) is 197 Å². The molecule has 0 bridgehead atoms. The summed E-state index contributed by atoms with van der Waals surface area (Å²) in [5.74, 6) is -4.24. The zero-order chi connectivity index (χ0) is 42.7. The smallest absolute Gasteiger partial charge is 0.261 e. The number of aliphatic hydroxyl groups is 5. The quantitative estimate of drug-likeness (QED) is 0.0768. The number of aromatic nitrogens is 1. The maximum absolute atomic E-state index is 13.2. The first-order valence-corrected chi connectivity index (χ1v) is 19.3. The number of aliphatic hydroxyl groups excluding tert-OH is 3. The molecule has 13 heteroatoms.